The third-order valence-electron chi connectivity index (χ3n) is 2.17. The summed E-state index contributed by atoms with van der Waals surface area (Å²) in [5.74, 6) is 0.775. The van der Waals surface area contributed by atoms with E-state index in [0.717, 1.165) is 10.7 Å². The number of methoxy groups -OCH3 is 1. The van der Waals surface area contributed by atoms with Gasteiger partial charge in [-0.3, -0.25) is 4.79 Å². The third kappa shape index (κ3) is 3.44. The molecule has 96 valence electrons. The Kier molecular flexibility index (Phi) is 4.16. The number of aromatic nitrogens is 3. The predicted molar refractivity (Wildman–Crippen MR) is 64.5 cm³/mol. The van der Waals surface area contributed by atoms with E-state index in [1.807, 2.05) is 12.3 Å². The van der Waals surface area contributed by atoms with Crippen LogP contribution in [0, 0.1) is 6.92 Å². The lowest BCUT2D eigenvalue weighted by atomic mass is 10.3. The molecule has 0 saturated heterocycles. The fraction of sp³-hybridized carbons (Fsp3) is 0.455. The lowest BCUT2D eigenvalue weighted by Crippen LogP contribution is -2.09. The summed E-state index contributed by atoms with van der Waals surface area (Å²) in [6, 6.07) is 0. The highest BCUT2D eigenvalue weighted by molar-refractivity contribution is 7.09. The molecule has 0 aliphatic rings. The van der Waals surface area contributed by atoms with Crippen LogP contribution < -0.4 is 0 Å². The van der Waals surface area contributed by atoms with Gasteiger partial charge in [-0.15, -0.1) is 11.3 Å². The summed E-state index contributed by atoms with van der Waals surface area (Å²) in [6.45, 7) is 2.00. The second kappa shape index (κ2) is 5.83. The number of hydrogen-bond acceptors (Lipinski definition) is 7. The van der Waals surface area contributed by atoms with Crippen LogP contribution in [-0.2, 0) is 22.4 Å². The molecule has 0 aliphatic carbocycles. The van der Waals surface area contributed by atoms with Crippen LogP contribution in [0.25, 0.3) is 0 Å². The number of Topliss-reactive ketones (excluding diaryl/α,β-unsaturated/α-hetero) is 1. The van der Waals surface area contributed by atoms with Crippen molar-refractivity contribution in [1.82, 2.24) is 15.1 Å². The Balaban J connectivity index is 1.95. The number of nitrogens with zero attached hydrogens (tertiary/aromatic N) is 3. The number of hydrogen-bond donors (Lipinski definition) is 0. The summed E-state index contributed by atoms with van der Waals surface area (Å²) >= 11 is 1.58. The molecule has 7 heteroatoms. The molecular formula is C11H13N3O3S. The SMILES string of the molecule is COCC(=O)Cc1nc(Cc2csc(C)n2)no1. The monoisotopic (exact) mass is 267 g/mol. The first kappa shape index (κ1) is 12.8. The minimum Gasteiger partial charge on any atom is -0.377 e. The zero-order chi connectivity index (χ0) is 13.0. The minimum absolute atomic E-state index is 0.0585. The Morgan fingerprint density at radius 3 is 3.00 bits per heavy atom. The molecule has 6 nitrogen and oxygen atoms in total. The average Bonchev–Trinajstić information content (AvgIpc) is 2.89. The summed E-state index contributed by atoms with van der Waals surface area (Å²) in [5.41, 5.74) is 0.910. The lowest BCUT2D eigenvalue weighted by Gasteiger charge is -1.93. The average molecular weight is 267 g/mol. The highest BCUT2D eigenvalue weighted by Gasteiger charge is 2.12. The molecular weight excluding hydrogens is 254 g/mol. The molecule has 2 rings (SSSR count). The second-order valence-electron chi connectivity index (χ2n) is 3.79. The molecule has 0 fully saturated rings. The topological polar surface area (TPSA) is 78.1 Å². The van der Waals surface area contributed by atoms with E-state index in [2.05, 4.69) is 15.1 Å². The van der Waals surface area contributed by atoms with Gasteiger partial charge in [-0.05, 0) is 6.92 Å². The van der Waals surface area contributed by atoms with Crippen LogP contribution in [-0.4, -0.2) is 34.6 Å². The molecule has 2 aromatic heterocycles. The van der Waals surface area contributed by atoms with E-state index in [1.165, 1.54) is 7.11 Å². The zero-order valence-corrected chi connectivity index (χ0v) is 11.0. The maximum atomic E-state index is 11.3. The smallest absolute Gasteiger partial charge is 0.234 e. The van der Waals surface area contributed by atoms with Crippen LogP contribution in [0.4, 0.5) is 0 Å². The molecule has 2 heterocycles. The Hall–Kier alpha value is -1.60. The highest BCUT2D eigenvalue weighted by atomic mass is 32.1. The van der Waals surface area contributed by atoms with Crippen LogP contribution in [0.15, 0.2) is 9.90 Å². The third-order valence-corrected chi connectivity index (χ3v) is 2.99. The van der Waals surface area contributed by atoms with E-state index in [1.54, 1.807) is 11.3 Å². The normalized spacial score (nSPS) is 10.8. The molecule has 0 spiro atoms. The van der Waals surface area contributed by atoms with Crippen LogP contribution >= 0.6 is 11.3 Å². The minimum atomic E-state index is -0.0859. The van der Waals surface area contributed by atoms with Crippen LogP contribution in [0.3, 0.4) is 0 Å². The van der Waals surface area contributed by atoms with E-state index in [0.29, 0.717) is 18.1 Å². The van der Waals surface area contributed by atoms with Crippen LogP contribution in [0.5, 0.6) is 0 Å². The van der Waals surface area contributed by atoms with Gasteiger partial charge in [0.15, 0.2) is 11.6 Å². The number of carbonyl (C=O) groups is 1. The molecule has 0 N–H and O–H groups in total. The van der Waals surface area contributed by atoms with Gasteiger partial charge >= 0.3 is 0 Å². The zero-order valence-electron chi connectivity index (χ0n) is 10.2. The second-order valence-corrected chi connectivity index (χ2v) is 4.85. The molecule has 0 saturated carbocycles. The molecule has 0 bridgehead atoms. The summed E-state index contributed by atoms with van der Waals surface area (Å²) < 4.78 is 9.73. The fourth-order valence-corrected chi connectivity index (χ4v) is 2.08. The first-order chi connectivity index (χ1) is 8.67. The van der Waals surface area contributed by atoms with Gasteiger partial charge in [0, 0.05) is 12.5 Å². The standard InChI is InChI=1S/C11H13N3O3S/c1-7-12-8(6-18-7)3-10-13-11(17-14-10)4-9(15)5-16-2/h6H,3-5H2,1-2H3. The number of carbonyl (C=O) groups excluding carboxylic acids is 1. The lowest BCUT2D eigenvalue weighted by molar-refractivity contribution is -0.122. The number of thiazole rings is 1. The van der Waals surface area contributed by atoms with Crippen molar-refractivity contribution in [3.05, 3.63) is 27.8 Å². The van der Waals surface area contributed by atoms with Gasteiger partial charge in [0.1, 0.15) is 6.61 Å². The highest BCUT2D eigenvalue weighted by Crippen LogP contribution is 2.11. The first-order valence-electron chi connectivity index (χ1n) is 5.40. The maximum Gasteiger partial charge on any atom is 0.234 e. The van der Waals surface area contributed by atoms with Crippen molar-refractivity contribution >= 4 is 17.1 Å². The van der Waals surface area contributed by atoms with E-state index in [-0.39, 0.29) is 18.8 Å². The van der Waals surface area contributed by atoms with E-state index in [9.17, 15) is 4.79 Å². The van der Waals surface area contributed by atoms with Crippen molar-refractivity contribution in [2.75, 3.05) is 13.7 Å². The Morgan fingerprint density at radius 2 is 2.33 bits per heavy atom. The molecule has 2 aromatic rings. The van der Waals surface area contributed by atoms with Gasteiger partial charge in [-0.2, -0.15) is 4.98 Å². The molecule has 0 unspecified atom stereocenters. The number of rotatable bonds is 6. The van der Waals surface area contributed by atoms with Gasteiger partial charge in [0.25, 0.3) is 0 Å². The molecule has 0 aromatic carbocycles. The van der Waals surface area contributed by atoms with E-state index in [4.69, 9.17) is 9.26 Å². The summed E-state index contributed by atoms with van der Waals surface area (Å²) in [4.78, 5) is 19.8. The maximum absolute atomic E-state index is 11.3. The van der Waals surface area contributed by atoms with Crippen molar-refractivity contribution in [2.45, 2.75) is 19.8 Å². The molecule has 0 atom stereocenters. The number of aryl methyl sites for hydroxylation is 1. The molecule has 0 amide bonds. The van der Waals surface area contributed by atoms with Crippen LogP contribution in [0.1, 0.15) is 22.4 Å². The molecule has 18 heavy (non-hydrogen) atoms. The van der Waals surface area contributed by atoms with Crippen molar-refractivity contribution in [1.29, 1.82) is 0 Å². The van der Waals surface area contributed by atoms with E-state index >= 15 is 0 Å². The summed E-state index contributed by atoms with van der Waals surface area (Å²) in [5, 5.41) is 6.78. The first-order valence-corrected chi connectivity index (χ1v) is 6.28. The summed E-state index contributed by atoms with van der Waals surface area (Å²) in [6.07, 6.45) is 0.628. The largest absolute Gasteiger partial charge is 0.377 e. The molecule has 0 radical (unpaired) electrons. The van der Waals surface area contributed by atoms with Gasteiger partial charge in [0.2, 0.25) is 5.89 Å². The Morgan fingerprint density at radius 1 is 1.50 bits per heavy atom. The molecule has 0 aliphatic heterocycles. The fourth-order valence-electron chi connectivity index (χ4n) is 1.47. The van der Waals surface area contributed by atoms with Gasteiger partial charge in [0.05, 0.1) is 23.5 Å². The van der Waals surface area contributed by atoms with Crippen molar-refractivity contribution < 1.29 is 14.1 Å². The van der Waals surface area contributed by atoms with Crippen molar-refractivity contribution in [3.8, 4) is 0 Å². The quantitative estimate of drug-likeness (QED) is 0.782. The predicted octanol–water partition coefficient (Wildman–Crippen LogP) is 1.18. The number of ketones is 1. The summed E-state index contributed by atoms with van der Waals surface area (Å²) in [7, 11) is 1.47. The van der Waals surface area contributed by atoms with E-state index < -0.39 is 0 Å². The Bertz CT molecular complexity index is 535. The van der Waals surface area contributed by atoms with Gasteiger partial charge in [-0.1, -0.05) is 5.16 Å². The number of ether oxygens (including phenoxy) is 1. The Labute approximate surface area is 108 Å². The van der Waals surface area contributed by atoms with Crippen LogP contribution in [0.2, 0.25) is 0 Å². The van der Waals surface area contributed by atoms with Gasteiger partial charge in [-0.25, -0.2) is 4.98 Å². The van der Waals surface area contributed by atoms with Gasteiger partial charge < -0.3 is 9.26 Å². The van der Waals surface area contributed by atoms with Crippen molar-refractivity contribution in [3.63, 3.8) is 0 Å². The van der Waals surface area contributed by atoms with Crippen molar-refractivity contribution in [2.24, 2.45) is 0 Å².